The Morgan fingerprint density at radius 1 is 1.17 bits per heavy atom. The molecule has 0 aliphatic heterocycles. The van der Waals surface area contributed by atoms with Gasteiger partial charge in [0.05, 0.1) is 5.41 Å². The number of primary amides is 1. The molecule has 0 aromatic heterocycles. The molecule has 2 amide bonds. The first-order valence-electron chi connectivity index (χ1n) is 8.28. The van der Waals surface area contributed by atoms with Crippen molar-refractivity contribution in [3.63, 3.8) is 0 Å². The predicted molar refractivity (Wildman–Crippen MR) is 90.7 cm³/mol. The monoisotopic (exact) mass is 332 g/mol. The standard InChI is InChI=1S/C18H24N2O4/c1-12-6-7-13(10-14(12)16(19)22)20-15(21)11-18(17(23)24)8-4-2-3-5-9-18/h6-7,10H,2-5,8-9,11H2,1H3,(H2,19,22)(H,20,21)(H,23,24). The van der Waals surface area contributed by atoms with E-state index in [1.54, 1.807) is 19.1 Å². The van der Waals surface area contributed by atoms with Crippen molar-refractivity contribution < 1.29 is 19.5 Å². The minimum atomic E-state index is -0.988. The Balaban J connectivity index is 2.12. The summed E-state index contributed by atoms with van der Waals surface area (Å²) < 4.78 is 0. The van der Waals surface area contributed by atoms with Crippen molar-refractivity contribution in [2.24, 2.45) is 11.1 Å². The van der Waals surface area contributed by atoms with Gasteiger partial charge in [-0.15, -0.1) is 0 Å². The molecule has 4 N–H and O–H groups in total. The number of anilines is 1. The van der Waals surface area contributed by atoms with Crippen LogP contribution in [0.25, 0.3) is 0 Å². The Bertz CT molecular complexity index is 646. The lowest BCUT2D eigenvalue weighted by molar-refractivity contribution is -0.152. The fraction of sp³-hybridized carbons (Fsp3) is 0.500. The van der Waals surface area contributed by atoms with E-state index in [-0.39, 0.29) is 12.3 Å². The molecule has 1 saturated carbocycles. The molecule has 0 radical (unpaired) electrons. The van der Waals surface area contributed by atoms with Crippen LogP contribution in [-0.2, 0) is 9.59 Å². The molecule has 0 atom stereocenters. The zero-order valence-corrected chi connectivity index (χ0v) is 13.9. The molecule has 0 unspecified atom stereocenters. The quantitative estimate of drug-likeness (QED) is 0.720. The number of carboxylic acid groups (broad SMARTS) is 1. The lowest BCUT2D eigenvalue weighted by Crippen LogP contribution is -2.35. The first-order valence-corrected chi connectivity index (χ1v) is 8.28. The summed E-state index contributed by atoms with van der Waals surface area (Å²) in [5.41, 5.74) is 5.85. The molecule has 0 spiro atoms. The number of hydrogen-bond donors (Lipinski definition) is 3. The van der Waals surface area contributed by atoms with E-state index in [1.807, 2.05) is 0 Å². The molecule has 0 heterocycles. The summed E-state index contributed by atoms with van der Waals surface area (Å²) in [5, 5.41) is 12.3. The SMILES string of the molecule is Cc1ccc(NC(=O)CC2(C(=O)O)CCCCCC2)cc1C(N)=O. The number of hydrogen-bond acceptors (Lipinski definition) is 3. The van der Waals surface area contributed by atoms with E-state index in [0.29, 0.717) is 24.1 Å². The van der Waals surface area contributed by atoms with E-state index in [9.17, 15) is 19.5 Å². The number of aryl methyl sites for hydroxylation is 1. The maximum Gasteiger partial charge on any atom is 0.310 e. The number of benzene rings is 1. The highest BCUT2D eigenvalue weighted by Crippen LogP contribution is 2.38. The number of rotatable bonds is 5. The van der Waals surface area contributed by atoms with Crippen LogP contribution in [0, 0.1) is 12.3 Å². The zero-order chi connectivity index (χ0) is 17.7. The van der Waals surface area contributed by atoms with E-state index >= 15 is 0 Å². The van der Waals surface area contributed by atoms with Gasteiger partial charge in [-0.3, -0.25) is 14.4 Å². The van der Waals surface area contributed by atoms with Gasteiger partial charge in [0, 0.05) is 17.7 Å². The van der Waals surface area contributed by atoms with Gasteiger partial charge in [0.2, 0.25) is 11.8 Å². The smallest absolute Gasteiger partial charge is 0.310 e. The van der Waals surface area contributed by atoms with E-state index < -0.39 is 17.3 Å². The van der Waals surface area contributed by atoms with Crippen molar-refractivity contribution in [3.05, 3.63) is 29.3 Å². The third-order valence-electron chi connectivity index (χ3n) is 4.80. The van der Waals surface area contributed by atoms with Gasteiger partial charge in [0.25, 0.3) is 0 Å². The Kier molecular flexibility index (Phi) is 5.59. The molecular formula is C18H24N2O4. The molecule has 1 fully saturated rings. The van der Waals surface area contributed by atoms with Crippen LogP contribution >= 0.6 is 0 Å². The van der Waals surface area contributed by atoms with Crippen LogP contribution in [0.15, 0.2) is 18.2 Å². The lowest BCUT2D eigenvalue weighted by atomic mass is 9.77. The van der Waals surface area contributed by atoms with E-state index in [2.05, 4.69) is 5.32 Å². The number of carbonyl (C=O) groups is 3. The molecule has 1 aliphatic carbocycles. The van der Waals surface area contributed by atoms with E-state index in [4.69, 9.17) is 5.73 Å². The van der Waals surface area contributed by atoms with Crippen LogP contribution < -0.4 is 11.1 Å². The van der Waals surface area contributed by atoms with Gasteiger partial charge in [0.15, 0.2) is 0 Å². The van der Waals surface area contributed by atoms with Gasteiger partial charge in [-0.05, 0) is 37.5 Å². The van der Waals surface area contributed by atoms with Crippen LogP contribution in [0.5, 0.6) is 0 Å². The second-order valence-electron chi connectivity index (χ2n) is 6.62. The maximum absolute atomic E-state index is 12.4. The normalized spacial score (nSPS) is 16.9. The minimum Gasteiger partial charge on any atom is -0.481 e. The third kappa shape index (κ3) is 4.13. The minimum absolute atomic E-state index is 0.0535. The van der Waals surface area contributed by atoms with Crippen molar-refractivity contribution in [2.45, 2.75) is 51.9 Å². The van der Waals surface area contributed by atoms with Crippen LogP contribution in [0.1, 0.15) is 60.9 Å². The van der Waals surface area contributed by atoms with Crippen molar-refractivity contribution in [1.82, 2.24) is 0 Å². The number of carbonyl (C=O) groups excluding carboxylic acids is 2. The number of aliphatic carboxylic acids is 1. The topological polar surface area (TPSA) is 109 Å². The maximum atomic E-state index is 12.4. The number of nitrogens with two attached hydrogens (primary N) is 1. The Labute approximate surface area is 141 Å². The second-order valence-corrected chi connectivity index (χ2v) is 6.62. The highest BCUT2D eigenvalue weighted by atomic mass is 16.4. The highest BCUT2D eigenvalue weighted by molar-refractivity contribution is 5.98. The number of nitrogens with one attached hydrogen (secondary N) is 1. The van der Waals surface area contributed by atoms with Gasteiger partial charge >= 0.3 is 5.97 Å². The molecule has 6 nitrogen and oxygen atoms in total. The summed E-state index contributed by atoms with van der Waals surface area (Å²) in [6.45, 7) is 1.76. The third-order valence-corrected chi connectivity index (χ3v) is 4.80. The Hall–Kier alpha value is -2.37. The molecule has 130 valence electrons. The molecule has 6 heteroatoms. The fourth-order valence-electron chi connectivity index (χ4n) is 3.35. The van der Waals surface area contributed by atoms with Gasteiger partial charge < -0.3 is 16.2 Å². The molecule has 24 heavy (non-hydrogen) atoms. The van der Waals surface area contributed by atoms with Gasteiger partial charge in [-0.25, -0.2) is 0 Å². The summed E-state index contributed by atoms with van der Waals surface area (Å²) in [6, 6.07) is 4.91. The highest BCUT2D eigenvalue weighted by Gasteiger charge is 2.40. The molecule has 0 bridgehead atoms. The fourth-order valence-corrected chi connectivity index (χ4v) is 3.35. The predicted octanol–water partition coefficient (Wildman–Crippen LogP) is 2.85. The molecule has 1 aliphatic rings. The summed E-state index contributed by atoms with van der Waals surface area (Å²) in [6.07, 6.45) is 4.67. The van der Waals surface area contributed by atoms with Crippen molar-refractivity contribution in [3.8, 4) is 0 Å². The number of carboxylic acids is 1. The summed E-state index contributed by atoms with van der Waals surface area (Å²) in [5.74, 6) is -1.81. The van der Waals surface area contributed by atoms with Gasteiger partial charge in [-0.2, -0.15) is 0 Å². The zero-order valence-electron chi connectivity index (χ0n) is 13.9. The molecule has 1 aromatic carbocycles. The van der Waals surface area contributed by atoms with Crippen molar-refractivity contribution >= 4 is 23.5 Å². The summed E-state index contributed by atoms with van der Waals surface area (Å²) >= 11 is 0. The molecule has 1 aromatic rings. The van der Waals surface area contributed by atoms with E-state index in [0.717, 1.165) is 31.2 Å². The van der Waals surface area contributed by atoms with Crippen LogP contribution in [0.3, 0.4) is 0 Å². The van der Waals surface area contributed by atoms with E-state index in [1.165, 1.54) is 6.07 Å². The molecule has 0 saturated heterocycles. The van der Waals surface area contributed by atoms with Crippen molar-refractivity contribution in [2.75, 3.05) is 5.32 Å². The van der Waals surface area contributed by atoms with Crippen LogP contribution in [0.2, 0.25) is 0 Å². The van der Waals surface area contributed by atoms with Gasteiger partial charge in [-0.1, -0.05) is 31.7 Å². The summed E-state index contributed by atoms with van der Waals surface area (Å²) in [4.78, 5) is 35.5. The summed E-state index contributed by atoms with van der Waals surface area (Å²) in [7, 11) is 0. The largest absolute Gasteiger partial charge is 0.481 e. The Morgan fingerprint density at radius 3 is 2.33 bits per heavy atom. The first kappa shape index (κ1) is 18.0. The van der Waals surface area contributed by atoms with Crippen LogP contribution in [0.4, 0.5) is 5.69 Å². The first-order chi connectivity index (χ1) is 11.3. The second kappa shape index (κ2) is 7.47. The molecular weight excluding hydrogens is 308 g/mol. The lowest BCUT2D eigenvalue weighted by Gasteiger charge is -2.27. The van der Waals surface area contributed by atoms with Crippen LogP contribution in [-0.4, -0.2) is 22.9 Å². The Morgan fingerprint density at radius 2 is 1.79 bits per heavy atom. The average Bonchev–Trinajstić information content (AvgIpc) is 2.75. The van der Waals surface area contributed by atoms with Crippen molar-refractivity contribution in [1.29, 1.82) is 0 Å². The van der Waals surface area contributed by atoms with Gasteiger partial charge in [0.1, 0.15) is 0 Å². The average molecular weight is 332 g/mol. The molecule has 2 rings (SSSR count). The number of amides is 2.